The number of aliphatic hydroxyl groups is 1. The van der Waals surface area contributed by atoms with Gasteiger partial charge in [-0.1, -0.05) is 12.1 Å². The van der Waals surface area contributed by atoms with Gasteiger partial charge in [0, 0.05) is 5.56 Å². The summed E-state index contributed by atoms with van der Waals surface area (Å²) in [5.74, 6) is -1.91. The van der Waals surface area contributed by atoms with Crippen molar-refractivity contribution in [3.8, 4) is 0 Å². The van der Waals surface area contributed by atoms with E-state index >= 15 is 0 Å². The maximum atomic E-state index is 13.7. The summed E-state index contributed by atoms with van der Waals surface area (Å²) in [5.41, 5.74) is -1.45. The minimum atomic E-state index is -1.80. The summed E-state index contributed by atoms with van der Waals surface area (Å²) in [4.78, 5) is 0. The van der Waals surface area contributed by atoms with E-state index in [1.54, 1.807) is 6.92 Å². The SMILES string of the molecule is Cc1ccc(C(C)(O)c2cc(F)ccc2F)cc1F. The van der Waals surface area contributed by atoms with E-state index in [-0.39, 0.29) is 11.1 Å². The molecule has 1 atom stereocenters. The summed E-state index contributed by atoms with van der Waals surface area (Å²) in [6.45, 7) is 2.88. The van der Waals surface area contributed by atoms with Crippen LogP contribution in [0.5, 0.6) is 0 Å². The van der Waals surface area contributed by atoms with Crippen LogP contribution in [0.25, 0.3) is 0 Å². The van der Waals surface area contributed by atoms with Gasteiger partial charge in [-0.2, -0.15) is 0 Å². The minimum Gasteiger partial charge on any atom is -0.381 e. The second-order valence-electron chi connectivity index (χ2n) is 4.66. The molecule has 1 N–H and O–H groups in total. The van der Waals surface area contributed by atoms with Crippen LogP contribution in [0.3, 0.4) is 0 Å². The van der Waals surface area contributed by atoms with Crippen LogP contribution in [0.1, 0.15) is 23.6 Å². The fourth-order valence-corrected chi connectivity index (χ4v) is 1.92. The molecule has 4 heteroatoms. The van der Waals surface area contributed by atoms with E-state index in [1.165, 1.54) is 19.1 Å². The Labute approximate surface area is 109 Å². The maximum absolute atomic E-state index is 13.7. The number of halogens is 3. The highest BCUT2D eigenvalue weighted by atomic mass is 19.1. The summed E-state index contributed by atoms with van der Waals surface area (Å²) >= 11 is 0. The number of hydrogen-bond donors (Lipinski definition) is 1. The minimum absolute atomic E-state index is 0.167. The van der Waals surface area contributed by atoms with Crippen LogP contribution < -0.4 is 0 Å². The molecule has 2 aromatic rings. The standard InChI is InChI=1S/C15H13F3O/c1-9-3-4-10(7-14(9)18)15(2,19)12-8-11(16)5-6-13(12)17/h3-8,19H,1-2H3. The van der Waals surface area contributed by atoms with Gasteiger partial charge in [0.05, 0.1) is 0 Å². The van der Waals surface area contributed by atoms with Gasteiger partial charge in [0.1, 0.15) is 23.1 Å². The molecule has 2 rings (SSSR count). The van der Waals surface area contributed by atoms with Gasteiger partial charge in [0.2, 0.25) is 0 Å². The third-order valence-corrected chi connectivity index (χ3v) is 3.19. The molecule has 0 radical (unpaired) electrons. The van der Waals surface area contributed by atoms with Crippen molar-refractivity contribution < 1.29 is 18.3 Å². The third-order valence-electron chi connectivity index (χ3n) is 3.19. The lowest BCUT2D eigenvalue weighted by Gasteiger charge is -2.25. The summed E-state index contributed by atoms with van der Waals surface area (Å²) in [7, 11) is 0. The van der Waals surface area contributed by atoms with Gasteiger partial charge < -0.3 is 5.11 Å². The predicted molar refractivity (Wildman–Crippen MR) is 66.2 cm³/mol. The summed E-state index contributed by atoms with van der Waals surface area (Å²) in [6.07, 6.45) is 0. The van der Waals surface area contributed by atoms with Crippen LogP contribution in [0, 0.1) is 24.4 Å². The zero-order chi connectivity index (χ0) is 14.2. The molecule has 100 valence electrons. The van der Waals surface area contributed by atoms with Crippen molar-refractivity contribution in [2.75, 3.05) is 0 Å². The monoisotopic (exact) mass is 266 g/mol. The van der Waals surface area contributed by atoms with Gasteiger partial charge in [-0.05, 0) is 49.2 Å². The number of aryl methyl sites for hydroxylation is 1. The van der Waals surface area contributed by atoms with Crippen molar-refractivity contribution in [1.82, 2.24) is 0 Å². The molecule has 0 aromatic heterocycles. The second kappa shape index (κ2) is 4.70. The lowest BCUT2D eigenvalue weighted by atomic mass is 9.87. The van der Waals surface area contributed by atoms with Crippen molar-refractivity contribution in [2.45, 2.75) is 19.4 Å². The highest BCUT2D eigenvalue weighted by Crippen LogP contribution is 2.32. The van der Waals surface area contributed by atoms with Crippen LogP contribution in [0.4, 0.5) is 13.2 Å². The highest BCUT2D eigenvalue weighted by Gasteiger charge is 2.29. The quantitative estimate of drug-likeness (QED) is 0.879. The van der Waals surface area contributed by atoms with E-state index in [0.717, 1.165) is 24.3 Å². The van der Waals surface area contributed by atoms with E-state index in [9.17, 15) is 18.3 Å². The summed E-state index contributed by atoms with van der Waals surface area (Å²) < 4.78 is 40.4. The second-order valence-corrected chi connectivity index (χ2v) is 4.66. The molecule has 19 heavy (non-hydrogen) atoms. The van der Waals surface area contributed by atoms with Crippen LogP contribution >= 0.6 is 0 Å². The zero-order valence-corrected chi connectivity index (χ0v) is 10.5. The summed E-state index contributed by atoms with van der Waals surface area (Å²) in [6, 6.07) is 6.90. The van der Waals surface area contributed by atoms with Crippen LogP contribution in [-0.2, 0) is 5.60 Å². The molecular formula is C15H13F3O. The van der Waals surface area contributed by atoms with Gasteiger partial charge in [-0.25, -0.2) is 13.2 Å². The van der Waals surface area contributed by atoms with Crippen molar-refractivity contribution in [3.05, 3.63) is 70.5 Å². The first-order valence-electron chi connectivity index (χ1n) is 5.77. The molecular weight excluding hydrogens is 253 g/mol. The van der Waals surface area contributed by atoms with Gasteiger partial charge >= 0.3 is 0 Å². The Bertz CT molecular complexity index is 621. The number of hydrogen-bond acceptors (Lipinski definition) is 1. The maximum Gasteiger partial charge on any atom is 0.129 e. The molecule has 0 saturated carbocycles. The van der Waals surface area contributed by atoms with Crippen molar-refractivity contribution >= 4 is 0 Å². The smallest absolute Gasteiger partial charge is 0.129 e. The Morgan fingerprint density at radius 2 is 1.63 bits per heavy atom. The first-order valence-corrected chi connectivity index (χ1v) is 5.77. The Kier molecular flexibility index (Phi) is 3.37. The summed E-state index contributed by atoms with van der Waals surface area (Å²) in [5, 5.41) is 10.4. The van der Waals surface area contributed by atoms with E-state index in [4.69, 9.17) is 0 Å². The van der Waals surface area contributed by atoms with Gasteiger partial charge in [-0.3, -0.25) is 0 Å². The van der Waals surface area contributed by atoms with E-state index < -0.39 is 23.1 Å². The molecule has 0 aliphatic carbocycles. The molecule has 0 aliphatic heterocycles. The third kappa shape index (κ3) is 2.49. The predicted octanol–water partition coefficient (Wildman–Crippen LogP) is 3.67. The first kappa shape index (κ1) is 13.6. The van der Waals surface area contributed by atoms with Crippen LogP contribution in [-0.4, -0.2) is 5.11 Å². The molecule has 0 heterocycles. The normalized spacial score (nSPS) is 14.2. The lowest BCUT2D eigenvalue weighted by Crippen LogP contribution is -2.24. The van der Waals surface area contributed by atoms with Crippen molar-refractivity contribution in [2.24, 2.45) is 0 Å². The lowest BCUT2D eigenvalue weighted by molar-refractivity contribution is 0.0971. The number of benzene rings is 2. The molecule has 0 aliphatic rings. The molecule has 0 fully saturated rings. The van der Waals surface area contributed by atoms with E-state index in [0.29, 0.717) is 5.56 Å². The Balaban J connectivity index is 2.57. The molecule has 2 aromatic carbocycles. The molecule has 0 bridgehead atoms. The number of rotatable bonds is 2. The molecule has 1 nitrogen and oxygen atoms in total. The Hall–Kier alpha value is -1.81. The fraction of sp³-hybridized carbons (Fsp3) is 0.200. The van der Waals surface area contributed by atoms with Crippen LogP contribution in [0.15, 0.2) is 36.4 Å². The Morgan fingerprint density at radius 1 is 0.947 bits per heavy atom. The van der Waals surface area contributed by atoms with E-state index in [1.807, 2.05) is 0 Å². The molecule has 0 saturated heterocycles. The van der Waals surface area contributed by atoms with Crippen molar-refractivity contribution in [3.63, 3.8) is 0 Å². The molecule has 1 unspecified atom stereocenters. The topological polar surface area (TPSA) is 20.2 Å². The highest BCUT2D eigenvalue weighted by molar-refractivity contribution is 5.37. The molecule has 0 spiro atoms. The first-order chi connectivity index (χ1) is 8.82. The van der Waals surface area contributed by atoms with E-state index in [2.05, 4.69) is 0 Å². The molecule has 0 amide bonds. The average Bonchev–Trinajstić information content (AvgIpc) is 2.35. The van der Waals surface area contributed by atoms with Crippen LogP contribution in [0.2, 0.25) is 0 Å². The Morgan fingerprint density at radius 3 is 2.26 bits per heavy atom. The van der Waals surface area contributed by atoms with Gasteiger partial charge in [0.15, 0.2) is 0 Å². The fourth-order valence-electron chi connectivity index (χ4n) is 1.92. The van der Waals surface area contributed by atoms with Gasteiger partial charge in [0.25, 0.3) is 0 Å². The van der Waals surface area contributed by atoms with Gasteiger partial charge in [-0.15, -0.1) is 0 Å². The average molecular weight is 266 g/mol. The zero-order valence-electron chi connectivity index (χ0n) is 10.5. The van der Waals surface area contributed by atoms with Crippen molar-refractivity contribution in [1.29, 1.82) is 0 Å². The largest absolute Gasteiger partial charge is 0.381 e.